The Labute approximate surface area is 187 Å². The van der Waals surface area contributed by atoms with Gasteiger partial charge in [0.05, 0.1) is 6.10 Å². The Hall–Kier alpha value is -2.09. The maximum Gasteiger partial charge on any atom is 0.328 e. The number of allylic oxidation sites excluding steroid dienone is 4. The van der Waals surface area contributed by atoms with Crippen LogP contribution in [0.2, 0.25) is 0 Å². The number of carboxylic acid groups (broad SMARTS) is 1. The van der Waals surface area contributed by atoms with Crippen molar-refractivity contribution in [1.82, 2.24) is 0 Å². The summed E-state index contributed by atoms with van der Waals surface area (Å²) in [6.45, 7) is 5.66. The lowest BCUT2D eigenvalue weighted by molar-refractivity contribution is -0.186. The number of carbonyl (C=O) groups excluding carboxylic acids is 2. The zero-order chi connectivity index (χ0) is 23.6. The first-order valence-corrected chi connectivity index (χ1v) is 11.3. The van der Waals surface area contributed by atoms with E-state index >= 15 is 0 Å². The molecule has 3 saturated carbocycles. The van der Waals surface area contributed by atoms with Gasteiger partial charge >= 0.3 is 5.97 Å². The fourth-order valence-electron chi connectivity index (χ4n) is 7.67. The van der Waals surface area contributed by atoms with E-state index < -0.39 is 46.3 Å². The molecule has 4 rings (SSSR count). The van der Waals surface area contributed by atoms with Gasteiger partial charge < -0.3 is 20.4 Å². The van der Waals surface area contributed by atoms with Gasteiger partial charge in [-0.05, 0) is 61.7 Å². The van der Waals surface area contributed by atoms with Crippen LogP contribution in [0.4, 0.5) is 0 Å². The van der Waals surface area contributed by atoms with Gasteiger partial charge in [-0.1, -0.05) is 32.4 Å². The number of carbonyl (C=O) groups is 3. The van der Waals surface area contributed by atoms with Gasteiger partial charge in [-0.3, -0.25) is 9.59 Å². The maximum absolute atomic E-state index is 13.3. The lowest BCUT2D eigenvalue weighted by Crippen LogP contribution is -2.63. The summed E-state index contributed by atoms with van der Waals surface area (Å²) in [6.07, 6.45) is 6.42. The molecule has 0 aromatic rings. The zero-order valence-electron chi connectivity index (χ0n) is 18.7. The molecule has 0 heterocycles. The van der Waals surface area contributed by atoms with Crippen LogP contribution in [-0.4, -0.2) is 55.8 Å². The first kappa shape index (κ1) is 23.1. The highest BCUT2D eigenvalue weighted by Gasteiger charge is 2.70. The molecule has 174 valence electrons. The Bertz CT molecular complexity index is 948. The van der Waals surface area contributed by atoms with Crippen molar-refractivity contribution in [3.8, 4) is 0 Å². The summed E-state index contributed by atoms with van der Waals surface area (Å²) < 4.78 is 0. The predicted molar refractivity (Wildman–Crippen MR) is 115 cm³/mol. The number of hydrogen-bond acceptors (Lipinski definition) is 6. The van der Waals surface area contributed by atoms with E-state index in [0.717, 1.165) is 24.5 Å². The molecule has 3 fully saturated rings. The second kappa shape index (κ2) is 7.47. The summed E-state index contributed by atoms with van der Waals surface area (Å²) in [5, 5.41) is 42.4. The van der Waals surface area contributed by atoms with Gasteiger partial charge in [-0.15, -0.1) is 0 Å². The minimum Gasteiger partial charge on any atom is -0.478 e. The van der Waals surface area contributed by atoms with Crippen molar-refractivity contribution in [2.45, 2.75) is 64.3 Å². The monoisotopic (exact) mass is 444 g/mol. The molecule has 0 bridgehead atoms. The van der Waals surface area contributed by atoms with E-state index in [2.05, 4.69) is 6.92 Å². The highest BCUT2D eigenvalue weighted by molar-refractivity contribution is 6.01. The normalized spacial score (nSPS) is 46.2. The number of hydrogen-bond donors (Lipinski definition) is 4. The van der Waals surface area contributed by atoms with Gasteiger partial charge in [0.1, 0.15) is 11.7 Å². The van der Waals surface area contributed by atoms with Crippen LogP contribution in [0.5, 0.6) is 0 Å². The molecular weight excluding hydrogens is 412 g/mol. The SMILES string of the molecule is C[C@@H]1C[C@H]2[C@@H]3CCC4=CC(=O)C=C[C@]4(C)[C@H]3[C@@H](O)C[C@]2(C)[C@@]1(O)C(=O)C(O)C=CC(=O)O. The summed E-state index contributed by atoms with van der Waals surface area (Å²) in [6, 6.07) is 0. The number of carboxylic acids is 1. The molecule has 4 aliphatic carbocycles. The number of Topliss-reactive ketones (excluding diaryl/α,β-unsaturated/α-hetero) is 1. The van der Waals surface area contributed by atoms with Crippen molar-refractivity contribution in [3.63, 3.8) is 0 Å². The van der Waals surface area contributed by atoms with Crippen LogP contribution in [0.1, 0.15) is 46.5 Å². The Morgan fingerprint density at radius 1 is 1.28 bits per heavy atom. The average Bonchev–Trinajstić information content (AvgIpc) is 2.92. The number of fused-ring (bicyclic) bond motifs is 5. The highest BCUT2D eigenvalue weighted by Crippen LogP contribution is 2.68. The van der Waals surface area contributed by atoms with E-state index in [1.165, 1.54) is 0 Å². The molecule has 1 unspecified atom stereocenters. The molecule has 4 aliphatic rings. The molecule has 0 radical (unpaired) electrons. The fourth-order valence-corrected chi connectivity index (χ4v) is 7.67. The van der Waals surface area contributed by atoms with Crippen molar-refractivity contribution in [2.24, 2.45) is 34.5 Å². The highest BCUT2D eigenvalue weighted by atomic mass is 16.4. The number of ketones is 2. The maximum atomic E-state index is 13.3. The zero-order valence-corrected chi connectivity index (χ0v) is 18.7. The first-order chi connectivity index (χ1) is 14.9. The third-order valence-corrected chi connectivity index (χ3v) is 9.14. The minimum absolute atomic E-state index is 0.0380. The van der Waals surface area contributed by atoms with Gasteiger partial charge in [0.2, 0.25) is 0 Å². The van der Waals surface area contributed by atoms with Gasteiger partial charge in [-0.2, -0.15) is 0 Å². The van der Waals surface area contributed by atoms with E-state index in [1.54, 1.807) is 19.1 Å². The van der Waals surface area contributed by atoms with E-state index in [-0.39, 0.29) is 30.0 Å². The molecule has 7 nitrogen and oxygen atoms in total. The van der Waals surface area contributed by atoms with Gasteiger partial charge in [0.25, 0.3) is 0 Å². The molecule has 32 heavy (non-hydrogen) atoms. The number of aliphatic hydroxyl groups is 3. The smallest absolute Gasteiger partial charge is 0.328 e. The molecule has 7 heteroatoms. The Morgan fingerprint density at radius 3 is 2.62 bits per heavy atom. The average molecular weight is 445 g/mol. The Kier molecular flexibility index (Phi) is 5.39. The quantitative estimate of drug-likeness (QED) is 0.486. The molecule has 0 saturated heterocycles. The van der Waals surface area contributed by atoms with Crippen molar-refractivity contribution in [2.75, 3.05) is 0 Å². The lowest BCUT2D eigenvalue weighted by atomic mass is 9.46. The number of aliphatic hydroxyl groups excluding tert-OH is 2. The Balaban J connectivity index is 1.71. The van der Waals surface area contributed by atoms with Crippen LogP contribution in [-0.2, 0) is 14.4 Å². The van der Waals surface area contributed by atoms with E-state index in [1.807, 2.05) is 13.0 Å². The van der Waals surface area contributed by atoms with Gasteiger partial charge in [0.15, 0.2) is 11.6 Å². The third kappa shape index (κ3) is 3.01. The van der Waals surface area contributed by atoms with Crippen LogP contribution in [0, 0.1) is 34.5 Å². The molecule has 0 aliphatic heterocycles. The molecule has 0 aromatic carbocycles. The van der Waals surface area contributed by atoms with E-state index in [0.29, 0.717) is 12.5 Å². The topological polar surface area (TPSA) is 132 Å². The summed E-state index contributed by atoms with van der Waals surface area (Å²) in [4.78, 5) is 36.0. The van der Waals surface area contributed by atoms with Crippen LogP contribution in [0.15, 0.2) is 36.0 Å². The standard InChI is InChI=1S/C25H32O7/c1-13-10-17-16-5-4-14-11-15(26)8-9-23(14,2)21(16)19(28)12-24(17,3)25(13,32)22(31)18(27)6-7-20(29)30/h6-9,11,13,16-19,21,27-28,32H,4-5,10,12H2,1-3H3,(H,29,30)/t13-,16+,17+,18?,19+,21-,23+,24+,25+/m1/s1. The van der Waals surface area contributed by atoms with Crippen molar-refractivity contribution in [3.05, 3.63) is 36.0 Å². The van der Waals surface area contributed by atoms with Crippen LogP contribution >= 0.6 is 0 Å². The fraction of sp³-hybridized carbons (Fsp3) is 0.640. The molecule has 0 aromatic heterocycles. The van der Waals surface area contributed by atoms with Crippen LogP contribution in [0.25, 0.3) is 0 Å². The second-order valence-electron chi connectivity index (χ2n) is 10.6. The molecule has 0 spiro atoms. The predicted octanol–water partition coefficient (Wildman–Crippen LogP) is 1.81. The van der Waals surface area contributed by atoms with Gasteiger partial charge in [0, 0.05) is 22.8 Å². The summed E-state index contributed by atoms with van der Waals surface area (Å²) in [5.41, 5.74) is -2.27. The van der Waals surface area contributed by atoms with Crippen molar-refractivity contribution < 1.29 is 34.8 Å². The Morgan fingerprint density at radius 2 is 1.97 bits per heavy atom. The van der Waals surface area contributed by atoms with Crippen molar-refractivity contribution >= 4 is 17.5 Å². The van der Waals surface area contributed by atoms with Crippen LogP contribution in [0.3, 0.4) is 0 Å². The first-order valence-electron chi connectivity index (χ1n) is 11.3. The van der Waals surface area contributed by atoms with Gasteiger partial charge in [-0.25, -0.2) is 4.79 Å². The molecule has 9 atom stereocenters. The molecular formula is C25H32O7. The number of aliphatic carboxylic acids is 1. The summed E-state index contributed by atoms with van der Waals surface area (Å²) >= 11 is 0. The van der Waals surface area contributed by atoms with E-state index in [4.69, 9.17) is 5.11 Å². The van der Waals surface area contributed by atoms with Crippen LogP contribution < -0.4 is 0 Å². The third-order valence-electron chi connectivity index (χ3n) is 9.14. The molecule has 0 amide bonds. The van der Waals surface area contributed by atoms with E-state index in [9.17, 15) is 29.7 Å². The minimum atomic E-state index is -1.89. The summed E-state index contributed by atoms with van der Waals surface area (Å²) in [5.74, 6) is -2.75. The summed E-state index contributed by atoms with van der Waals surface area (Å²) in [7, 11) is 0. The molecule has 4 N–H and O–H groups in total. The van der Waals surface area contributed by atoms with Crippen molar-refractivity contribution in [1.29, 1.82) is 0 Å². The second-order valence-corrected chi connectivity index (χ2v) is 10.6. The largest absolute Gasteiger partial charge is 0.478 e. The number of rotatable bonds is 4. The lowest BCUT2D eigenvalue weighted by Gasteiger charge is -2.59.